The molecule has 0 aromatic heterocycles. The number of ether oxygens (including phenoxy) is 1. The van der Waals surface area contributed by atoms with Gasteiger partial charge in [0.1, 0.15) is 5.60 Å². The van der Waals surface area contributed by atoms with E-state index < -0.39 is 0 Å². The molecule has 0 amide bonds. The van der Waals surface area contributed by atoms with E-state index in [4.69, 9.17) is 4.74 Å². The van der Waals surface area contributed by atoms with Crippen molar-refractivity contribution in [3.05, 3.63) is 35.4 Å². The van der Waals surface area contributed by atoms with Gasteiger partial charge in [-0.1, -0.05) is 24.3 Å². The lowest BCUT2D eigenvalue weighted by molar-refractivity contribution is -0.155. The monoisotopic (exact) mass is 232 g/mol. The van der Waals surface area contributed by atoms with Gasteiger partial charge in [0, 0.05) is 6.92 Å². The van der Waals surface area contributed by atoms with Crippen LogP contribution in [0.15, 0.2) is 24.3 Å². The van der Waals surface area contributed by atoms with Gasteiger partial charge in [0.2, 0.25) is 0 Å². The molecule has 17 heavy (non-hydrogen) atoms. The Morgan fingerprint density at radius 3 is 2.29 bits per heavy atom. The molecule has 0 bridgehead atoms. The number of hydrogen-bond donors (Lipinski definition) is 0. The molecule has 1 aromatic rings. The fourth-order valence-corrected chi connectivity index (χ4v) is 2.92. The number of rotatable bonds is 3. The van der Waals surface area contributed by atoms with E-state index in [1.54, 1.807) is 0 Å². The Morgan fingerprint density at radius 2 is 1.82 bits per heavy atom. The number of fused-ring (bicyclic) bond motifs is 1. The molecule has 2 rings (SSSR count). The summed E-state index contributed by atoms with van der Waals surface area (Å²) in [6.07, 6.45) is 3.16. The Bertz CT molecular complexity index is 396. The van der Waals surface area contributed by atoms with E-state index in [1.165, 1.54) is 18.1 Å². The highest BCUT2D eigenvalue weighted by atomic mass is 16.6. The van der Waals surface area contributed by atoms with E-state index in [0.29, 0.717) is 5.92 Å². The van der Waals surface area contributed by atoms with Gasteiger partial charge in [-0.25, -0.2) is 0 Å². The molecule has 0 saturated carbocycles. The smallest absolute Gasteiger partial charge is 0.303 e. The van der Waals surface area contributed by atoms with E-state index >= 15 is 0 Å². The topological polar surface area (TPSA) is 26.3 Å². The van der Waals surface area contributed by atoms with Crippen LogP contribution in [0.4, 0.5) is 0 Å². The van der Waals surface area contributed by atoms with E-state index in [-0.39, 0.29) is 11.6 Å². The summed E-state index contributed by atoms with van der Waals surface area (Å²) >= 11 is 0. The molecule has 92 valence electrons. The average Bonchev–Trinajstić information content (AvgIpc) is 2.55. The van der Waals surface area contributed by atoms with Crippen molar-refractivity contribution in [1.82, 2.24) is 0 Å². The van der Waals surface area contributed by atoms with Gasteiger partial charge in [0.15, 0.2) is 0 Å². The average molecular weight is 232 g/mol. The summed E-state index contributed by atoms with van der Waals surface area (Å²) in [6, 6.07) is 8.60. The molecule has 1 aliphatic carbocycles. The zero-order chi connectivity index (χ0) is 12.5. The first kappa shape index (κ1) is 12.2. The summed E-state index contributed by atoms with van der Waals surface area (Å²) in [7, 11) is 0. The van der Waals surface area contributed by atoms with Crippen molar-refractivity contribution in [3.8, 4) is 0 Å². The van der Waals surface area contributed by atoms with E-state index in [2.05, 4.69) is 24.3 Å². The molecular formula is C15H20O2. The third kappa shape index (κ3) is 3.09. The Labute approximate surface area is 103 Å². The normalized spacial score (nSPS) is 15.7. The van der Waals surface area contributed by atoms with Gasteiger partial charge >= 0.3 is 5.97 Å². The predicted octanol–water partition coefficient (Wildman–Crippen LogP) is 3.13. The number of carbonyl (C=O) groups excluding carboxylic acids is 1. The highest BCUT2D eigenvalue weighted by Crippen LogP contribution is 2.33. The first-order valence-corrected chi connectivity index (χ1v) is 6.23. The molecule has 0 spiro atoms. The second-order valence-electron chi connectivity index (χ2n) is 5.60. The third-order valence-corrected chi connectivity index (χ3v) is 3.34. The van der Waals surface area contributed by atoms with Crippen LogP contribution in [0.2, 0.25) is 0 Å². The van der Waals surface area contributed by atoms with Gasteiger partial charge in [-0.2, -0.15) is 0 Å². The summed E-state index contributed by atoms with van der Waals surface area (Å²) < 4.78 is 5.36. The van der Waals surface area contributed by atoms with Crippen molar-refractivity contribution in [2.24, 2.45) is 5.92 Å². The van der Waals surface area contributed by atoms with Crippen LogP contribution in [0, 0.1) is 5.92 Å². The molecule has 1 aromatic carbocycles. The Hall–Kier alpha value is -1.31. The van der Waals surface area contributed by atoms with Crippen LogP contribution in [0.25, 0.3) is 0 Å². The van der Waals surface area contributed by atoms with Crippen LogP contribution in [-0.4, -0.2) is 11.6 Å². The van der Waals surface area contributed by atoms with Gasteiger partial charge in [-0.3, -0.25) is 4.79 Å². The molecule has 0 atom stereocenters. The Kier molecular flexibility index (Phi) is 3.23. The van der Waals surface area contributed by atoms with Gasteiger partial charge in [-0.15, -0.1) is 0 Å². The molecule has 0 fully saturated rings. The van der Waals surface area contributed by atoms with Gasteiger partial charge in [0.05, 0.1) is 0 Å². The van der Waals surface area contributed by atoms with Crippen LogP contribution in [0.5, 0.6) is 0 Å². The second kappa shape index (κ2) is 4.52. The van der Waals surface area contributed by atoms with Crippen molar-refractivity contribution in [3.63, 3.8) is 0 Å². The fraction of sp³-hybridized carbons (Fsp3) is 0.533. The van der Waals surface area contributed by atoms with E-state index in [1.807, 2.05) is 13.8 Å². The highest BCUT2D eigenvalue weighted by molar-refractivity contribution is 5.66. The minimum absolute atomic E-state index is 0.189. The highest BCUT2D eigenvalue weighted by Gasteiger charge is 2.30. The maximum absolute atomic E-state index is 11.0. The van der Waals surface area contributed by atoms with Crippen LogP contribution in [0.3, 0.4) is 0 Å². The number of esters is 1. The molecule has 0 radical (unpaired) electrons. The van der Waals surface area contributed by atoms with Crippen LogP contribution in [-0.2, 0) is 22.4 Å². The predicted molar refractivity (Wildman–Crippen MR) is 67.8 cm³/mol. The van der Waals surface area contributed by atoms with E-state index in [9.17, 15) is 4.79 Å². The van der Waals surface area contributed by atoms with Crippen molar-refractivity contribution in [2.45, 2.75) is 45.6 Å². The van der Waals surface area contributed by atoms with Crippen molar-refractivity contribution < 1.29 is 9.53 Å². The minimum atomic E-state index is -0.349. The summed E-state index contributed by atoms with van der Waals surface area (Å²) in [5.74, 6) is 0.410. The standard InChI is InChI=1S/C15H20O2/c1-11(16)17-15(2,3)10-12-8-13-6-4-5-7-14(13)9-12/h4-7,12H,8-10H2,1-3H3. The molecule has 0 N–H and O–H groups in total. The second-order valence-corrected chi connectivity index (χ2v) is 5.60. The number of benzene rings is 1. The van der Waals surface area contributed by atoms with Crippen molar-refractivity contribution in [1.29, 1.82) is 0 Å². The molecule has 0 saturated heterocycles. The van der Waals surface area contributed by atoms with Crippen LogP contribution >= 0.6 is 0 Å². The number of carbonyl (C=O) groups is 1. The van der Waals surface area contributed by atoms with Gasteiger partial charge < -0.3 is 4.74 Å². The van der Waals surface area contributed by atoms with Crippen LogP contribution in [0.1, 0.15) is 38.3 Å². The summed E-state index contributed by atoms with van der Waals surface area (Å²) in [5.41, 5.74) is 2.56. The zero-order valence-electron chi connectivity index (χ0n) is 10.8. The Morgan fingerprint density at radius 1 is 1.29 bits per heavy atom. The quantitative estimate of drug-likeness (QED) is 0.748. The zero-order valence-corrected chi connectivity index (χ0v) is 10.8. The molecule has 0 aliphatic heterocycles. The summed E-state index contributed by atoms with van der Waals surface area (Å²) in [5, 5.41) is 0. The first-order valence-electron chi connectivity index (χ1n) is 6.23. The fourth-order valence-electron chi connectivity index (χ4n) is 2.92. The molecule has 0 unspecified atom stereocenters. The molecule has 2 nitrogen and oxygen atoms in total. The van der Waals surface area contributed by atoms with Gasteiger partial charge in [-0.05, 0) is 50.2 Å². The lowest BCUT2D eigenvalue weighted by Crippen LogP contribution is -2.30. The SMILES string of the molecule is CC(=O)OC(C)(C)CC1Cc2ccccc2C1. The van der Waals surface area contributed by atoms with Crippen LogP contribution < -0.4 is 0 Å². The number of hydrogen-bond acceptors (Lipinski definition) is 2. The summed E-state index contributed by atoms with van der Waals surface area (Å²) in [6.45, 7) is 5.47. The molecule has 0 heterocycles. The van der Waals surface area contributed by atoms with Gasteiger partial charge in [0.25, 0.3) is 0 Å². The third-order valence-electron chi connectivity index (χ3n) is 3.34. The van der Waals surface area contributed by atoms with Crippen molar-refractivity contribution in [2.75, 3.05) is 0 Å². The lowest BCUT2D eigenvalue weighted by Gasteiger charge is -2.27. The van der Waals surface area contributed by atoms with E-state index in [0.717, 1.165) is 19.3 Å². The molecule has 1 aliphatic rings. The van der Waals surface area contributed by atoms with Crippen molar-refractivity contribution >= 4 is 5.97 Å². The maximum atomic E-state index is 11.0. The summed E-state index contributed by atoms with van der Waals surface area (Å²) in [4.78, 5) is 11.0. The first-order chi connectivity index (χ1) is 7.96. The minimum Gasteiger partial charge on any atom is -0.460 e. The largest absolute Gasteiger partial charge is 0.460 e. The Balaban J connectivity index is 1.98. The lowest BCUT2D eigenvalue weighted by atomic mass is 9.91. The maximum Gasteiger partial charge on any atom is 0.303 e. The molecule has 2 heteroatoms. The molecular weight excluding hydrogens is 212 g/mol.